The van der Waals surface area contributed by atoms with Gasteiger partial charge >= 0.3 is 0 Å². The van der Waals surface area contributed by atoms with Crippen molar-refractivity contribution in [1.29, 1.82) is 0 Å². The third kappa shape index (κ3) is 9.46. The number of hydrogen-bond acceptors (Lipinski definition) is 4. The lowest BCUT2D eigenvalue weighted by Gasteiger charge is -2.17. The molecule has 1 fully saturated rings. The lowest BCUT2D eigenvalue weighted by atomic mass is 10.2. The molecule has 2 N–H and O–H groups in total. The number of methoxy groups -OCH3 is 1. The second-order valence-corrected chi connectivity index (χ2v) is 8.11. The van der Waals surface area contributed by atoms with Crippen LogP contribution in [0.5, 0.6) is 5.75 Å². The number of ether oxygens (including phenoxy) is 1. The van der Waals surface area contributed by atoms with Crippen LogP contribution in [0.2, 0.25) is 0 Å². The van der Waals surface area contributed by atoms with Crippen LogP contribution in [0.25, 0.3) is 0 Å². The summed E-state index contributed by atoms with van der Waals surface area (Å²) in [6, 6.07) is 8.12. The maximum Gasteiger partial charge on any atom is 0.222 e. The van der Waals surface area contributed by atoms with E-state index in [1.807, 2.05) is 34.9 Å². The Morgan fingerprint density at radius 1 is 1.34 bits per heavy atom. The molecule has 0 aliphatic carbocycles. The van der Waals surface area contributed by atoms with Crippen LogP contribution >= 0.6 is 35.7 Å². The van der Waals surface area contributed by atoms with E-state index >= 15 is 0 Å². The summed E-state index contributed by atoms with van der Waals surface area (Å²) in [6.45, 7) is 8.45. The van der Waals surface area contributed by atoms with Gasteiger partial charge in [0, 0.05) is 49.8 Å². The molecule has 1 aliphatic rings. The minimum Gasteiger partial charge on any atom is -0.496 e. The Kier molecular flexibility index (Phi) is 13.2. The van der Waals surface area contributed by atoms with Gasteiger partial charge in [-0.25, -0.2) is 0 Å². The maximum absolute atomic E-state index is 11.6. The van der Waals surface area contributed by atoms with Crippen LogP contribution in [0.4, 0.5) is 0 Å². The molecule has 1 unspecified atom stereocenters. The minimum absolute atomic E-state index is 0. The molecule has 2 rings (SSSR count). The van der Waals surface area contributed by atoms with E-state index in [2.05, 4.69) is 30.5 Å². The number of halogens is 1. The summed E-state index contributed by atoms with van der Waals surface area (Å²) in [5, 5.41) is 6.68. The minimum atomic E-state index is 0. The average molecular weight is 535 g/mol. The number of nitrogens with zero attached hydrogens (tertiary/aromatic N) is 2. The Hall–Kier alpha value is -1.16. The standard InChI is InChI=1S/C21H34N4O2S.HI/c1-4-22-21(23-12-8-14-25-13-7-11-20(25)26)24-15-17(2)16-28-19-10-6-5-9-18(19)27-3;/h5-6,9-10,17H,4,7-8,11-16H2,1-3H3,(H2,22,23,24);1H. The maximum atomic E-state index is 11.6. The van der Waals surface area contributed by atoms with E-state index in [0.29, 0.717) is 18.2 Å². The summed E-state index contributed by atoms with van der Waals surface area (Å²) < 4.78 is 5.41. The fraction of sp³-hybridized carbons (Fsp3) is 0.619. The van der Waals surface area contributed by atoms with Crippen LogP contribution in [-0.4, -0.2) is 62.4 Å². The molecule has 1 aromatic rings. The molecule has 1 aliphatic heterocycles. The number of carbonyl (C=O) groups is 1. The molecule has 164 valence electrons. The second kappa shape index (κ2) is 14.8. The zero-order chi connectivity index (χ0) is 20.2. The van der Waals surface area contributed by atoms with Gasteiger partial charge in [-0.15, -0.1) is 35.7 Å². The number of aliphatic imine (C=N–C) groups is 1. The predicted octanol–water partition coefficient (Wildman–Crippen LogP) is 3.61. The highest BCUT2D eigenvalue weighted by atomic mass is 127. The monoisotopic (exact) mass is 534 g/mol. The number of hydrogen-bond donors (Lipinski definition) is 2. The highest BCUT2D eigenvalue weighted by Gasteiger charge is 2.18. The van der Waals surface area contributed by atoms with Crippen molar-refractivity contribution in [3.8, 4) is 5.75 Å². The Balaban J connectivity index is 0.00000420. The number of amides is 1. The van der Waals surface area contributed by atoms with Crippen molar-refractivity contribution in [2.45, 2.75) is 38.0 Å². The van der Waals surface area contributed by atoms with E-state index < -0.39 is 0 Å². The first-order chi connectivity index (χ1) is 13.6. The van der Waals surface area contributed by atoms with Gasteiger partial charge in [0.25, 0.3) is 0 Å². The average Bonchev–Trinajstić information content (AvgIpc) is 3.12. The van der Waals surface area contributed by atoms with E-state index in [-0.39, 0.29) is 24.0 Å². The first-order valence-electron chi connectivity index (χ1n) is 10.2. The summed E-state index contributed by atoms with van der Waals surface area (Å²) in [6.07, 6.45) is 2.65. The molecule has 1 atom stereocenters. The van der Waals surface area contributed by atoms with E-state index in [9.17, 15) is 4.79 Å². The van der Waals surface area contributed by atoms with Gasteiger partial charge in [0.2, 0.25) is 5.91 Å². The molecule has 1 amide bonds. The molecule has 0 spiro atoms. The van der Waals surface area contributed by atoms with Gasteiger partial charge in [0.15, 0.2) is 5.96 Å². The van der Waals surface area contributed by atoms with Gasteiger partial charge in [-0.1, -0.05) is 19.1 Å². The van der Waals surface area contributed by atoms with Crippen LogP contribution in [0.1, 0.15) is 33.1 Å². The largest absolute Gasteiger partial charge is 0.496 e. The Labute approximate surface area is 196 Å². The number of benzene rings is 1. The molecular weight excluding hydrogens is 499 g/mol. The topological polar surface area (TPSA) is 66.0 Å². The second-order valence-electron chi connectivity index (χ2n) is 7.05. The number of nitrogens with one attached hydrogen (secondary N) is 2. The number of para-hydroxylation sites is 1. The van der Waals surface area contributed by atoms with Crippen molar-refractivity contribution in [3.05, 3.63) is 24.3 Å². The lowest BCUT2D eigenvalue weighted by molar-refractivity contribution is -0.127. The first kappa shape index (κ1) is 25.9. The third-order valence-electron chi connectivity index (χ3n) is 4.57. The van der Waals surface area contributed by atoms with Gasteiger partial charge in [-0.2, -0.15) is 0 Å². The summed E-state index contributed by atoms with van der Waals surface area (Å²) in [7, 11) is 1.71. The smallest absolute Gasteiger partial charge is 0.222 e. The molecule has 1 saturated heterocycles. The van der Waals surface area contributed by atoms with Crippen molar-refractivity contribution < 1.29 is 9.53 Å². The first-order valence-corrected chi connectivity index (χ1v) is 11.2. The molecule has 0 bridgehead atoms. The van der Waals surface area contributed by atoms with E-state index in [1.54, 1.807) is 7.11 Å². The number of likely N-dealkylation sites (tertiary alicyclic amines) is 1. The number of thioether (sulfide) groups is 1. The fourth-order valence-corrected chi connectivity index (χ4v) is 4.07. The summed E-state index contributed by atoms with van der Waals surface area (Å²) in [5.74, 6) is 3.51. The van der Waals surface area contributed by atoms with Gasteiger partial charge in [-0.05, 0) is 37.8 Å². The highest BCUT2D eigenvalue weighted by Crippen LogP contribution is 2.29. The third-order valence-corrected chi connectivity index (χ3v) is 5.95. The number of carbonyl (C=O) groups excluding carboxylic acids is 1. The Bertz CT molecular complexity index is 645. The van der Waals surface area contributed by atoms with Crippen molar-refractivity contribution in [3.63, 3.8) is 0 Å². The molecule has 0 aromatic heterocycles. The molecule has 1 heterocycles. The van der Waals surface area contributed by atoms with Crippen LogP contribution in [0.3, 0.4) is 0 Å². The summed E-state index contributed by atoms with van der Waals surface area (Å²) in [5.41, 5.74) is 0. The quantitative estimate of drug-likeness (QED) is 0.149. The van der Waals surface area contributed by atoms with Crippen LogP contribution < -0.4 is 15.4 Å². The lowest BCUT2D eigenvalue weighted by Crippen LogP contribution is -2.39. The summed E-state index contributed by atoms with van der Waals surface area (Å²) >= 11 is 1.81. The molecular formula is C21H35IN4O2S. The van der Waals surface area contributed by atoms with Crippen molar-refractivity contribution in [1.82, 2.24) is 15.5 Å². The van der Waals surface area contributed by atoms with Gasteiger partial charge in [0.1, 0.15) is 5.75 Å². The predicted molar refractivity (Wildman–Crippen MR) is 133 cm³/mol. The fourth-order valence-electron chi connectivity index (χ4n) is 3.03. The van der Waals surface area contributed by atoms with Gasteiger partial charge in [0.05, 0.1) is 7.11 Å². The SMILES string of the molecule is CCNC(=NCC(C)CSc1ccccc1OC)NCCCN1CCCC1=O.I. The molecule has 6 nitrogen and oxygen atoms in total. The normalized spacial score (nSPS) is 15.1. The van der Waals surface area contributed by atoms with Crippen LogP contribution in [0.15, 0.2) is 34.2 Å². The van der Waals surface area contributed by atoms with Gasteiger partial charge < -0.3 is 20.3 Å². The van der Waals surface area contributed by atoms with E-state index in [4.69, 9.17) is 9.73 Å². The number of rotatable bonds is 11. The van der Waals surface area contributed by atoms with E-state index in [1.165, 1.54) is 4.90 Å². The Morgan fingerprint density at radius 3 is 2.83 bits per heavy atom. The van der Waals surface area contributed by atoms with Crippen molar-refractivity contribution in [2.24, 2.45) is 10.9 Å². The molecule has 8 heteroatoms. The van der Waals surface area contributed by atoms with E-state index in [0.717, 1.165) is 63.0 Å². The summed E-state index contributed by atoms with van der Waals surface area (Å²) in [4.78, 5) is 19.5. The van der Waals surface area contributed by atoms with Crippen LogP contribution in [0, 0.1) is 5.92 Å². The van der Waals surface area contributed by atoms with Gasteiger partial charge in [-0.3, -0.25) is 9.79 Å². The van der Waals surface area contributed by atoms with Crippen molar-refractivity contribution in [2.75, 3.05) is 45.6 Å². The zero-order valence-corrected chi connectivity index (χ0v) is 20.9. The number of guanidine groups is 1. The zero-order valence-electron chi connectivity index (χ0n) is 17.8. The highest BCUT2D eigenvalue weighted by molar-refractivity contribution is 14.0. The molecule has 0 saturated carbocycles. The molecule has 29 heavy (non-hydrogen) atoms. The molecule has 1 aromatic carbocycles. The van der Waals surface area contributed by atoms with Crippen molar-refractivity contribution >= 4 is 47.6 Å². The molecule has 0 radical (unpaired) electrons. The van der Waals surface area contributed by atoms with Crippen LogP contribution in [-0.2, 0) is 4.79 Å². The Morgan fingerprint density at radius 2 is 2.14 bits per heavy atom.